The predicted molar refractivity (Wildman–Crippen MR) is 67.4 cm³/mol. The summed E-state index contributed by atoms with van der Waals surface area (Å²) in [5, 5.41) is 9.89. The van der Waals surface area contributed by atoms with E-state index in [2.05, 4.69) is 15.9 Å². The van der Waals surface area contributed by atoms with Crippen molar-refractivity contribution in [3.8, 4) is 0 Å². The van der Waals surface area contributed by atoms with Gasteiger partial charge in [0.25, 0.3) is 0 Å². The maximum atomic E-state index is 9.89. The van der Waals surface area contributed by atoms with Gasteiger partial charge >= 0.3 is 0 Å². The number of methoxy groups -OCH3 is 1. The largest absolute Gasteiger partial charge is 0.393 e. The van der Waals surface area contributed by atoms with E-state index < -0.39 is 0 Å². The van der Waals surface area contributed by atoms with Crippen LogP contribution in [0.4, 0.5) is 0 Å². The molecule has 0 aliphatic carbocycles. The van der Waals surface area contributed by atoms with Crippen LogP contribution in [-0.4, -0.2) is 23.9 Å². The molecule has 0 aliphatic heterocycles. The molecule has 1 rings (SSSR count). The lowest BCUT2D eigenvalue weighted by Gasteiger charge is -2.25. The Morgan fingerprint density at radius 3 is 2.67 bits per heavy atom. The van der Waals surface area contributed by atoms with E-state index >= 15 is 0 Å². The lowest BCUT2D eigenvalue weighted by molar-refractivity contribution is -0.0189. The average molecular weight is 293 g/mol. The van der Waals surface area contributed by atoms with Gasteiger partial charge in [-0.2, -0.15) is 0 Å². The highest BCUT2D eigenvalue weighted by Crippen LogP contribution is 2.25. The van der Waals surface area contributed by atoms with E-state index in [1.807, 2.05) is 26.0 Å². The summed E-state index contributed by atoms with van der Waals surface area (Å²) >= 11 is 5.07. The van der Waals surface area contributed by atoms with E-state index in [9.17, 15) is 5.11 Å². The molecule has 1 N–H and O–H groups in total. The number of halogens is 1. The molecule has 86 valence electrons. The quantitative estimate of drug-likeness (QED) is 0.903. The Morgan fingerprint density at radius 2 is 2.20 bits per heavy atom. The van der Waals surface area contributed by atoms with Gasteiger partial charge in [-0.1, -0.05) is 0 Å². The molecular weight excluding hydrogens is 276 g/mol. The van der Waals surface area contributed by atoms with Gasteiger partial charge in [-0.15, -0.1) is 11.3 Å². The van der Waals surface area contributed by atoms with Crippen molar-refractivity contribution in [1.82, 2.24) is 0 Å². The Kier molecular flexibility index (Phi) is 4.77. The van der Waals surface area contributed by atoms with Crippen molar-refractivity contribution in [2.45, 2.75) is 38.4 Å². The van der Waals surface area contributed by atoms with Crippen molar-refractivity contribution in [1.29, 1.82) is 0 Å². The number of aliphatic hydroxyl groups excluding tert-OH is 1. The number of ether oxygens (including phenoxy) is 1. The minimum Gasteiger partial charge on any atom is -0.393 e. The standard InChI is InChI=1S/C11H17BrO2S/c1-11(2,14-3)7-8(13)6-9-4-5-10(12)15-9/h4-5,8,13H,6-7H2,1-3H3. The first-order chi connectivity index (χ1) is 6.93. The molecule has 1 heterocycles. The summed E-state index contributed by atoms with van der Waals surface area (Å²) in [4.78, 5) is 1.20. The van der Waals surface area contributed by atoms with Gasteiger partial charge in [-0.25, -0.2) is 0 Å². The van der Waals surface area contributed by atoms with Gasteiger partial charge in [0.2, 0.25) is 0 Å². The molecule has 1 aromatic rings. The molecular formula is C11H17BrO2S. The Labute approximate surface area is 103 Å². The summed E-state index contributed by atoms with van der Waals surface area (Å²) < 4.78 is 6.39. The third-order valence-corrected chi connectivity index (χ3v) is 3.99. The fourth-order valence-electron chi connectivity index (χ4n) is 1.42. The molecule has 15 heavy (non-hydrogen) atoms. The van der Waals surface area contributed by atoms with Crippen LogP contribution in [0.25, 0.3) is 0 Å². The zero-order chi connectivity index (χ0) is 11.5. The van der Waals surface area contributed by atoms with Crippen LogP contribution < -0.4 is 0 Å². The number of hydrogen-bond acceptors (Lipinski definition) is 3. The maximum Gasteiger partial charge on any atom is 0.0701 e. The molecule has 0 fully saturated rings. The Bertz CT molecular complexity index is 309. The average Bonchev–Trinajstić information content (AvgIpc) is 2.50. The number of hydrogen-bond donors (Lipinski definition) is 1. The van der Waals surface area contributed by atoms with Gasteiger partial charge in [0.15, 0.2) is 0 Å². The summed E-state index contributed by atoms with van der Waals surface area (Å²) in [7, 11) is 1.68. The van der Waals surface area contributed by atoms with Crippen molar-refractivity contribution in [2.24, 2.45) is 0 Å². The lowest BCUT2D eigenvalue weighted by atomic mass is 9.98. The van der Waals surface area contributed by atoms with Crippen LogP contribution in [0.5, 0.6) is 0 Å². The van der Waals surface area contributed by atoms with E-state index in [4.69, 9.17) is 4.74 Å². The van der Waals surface area contributed by atoms with Gasteiger partial charge in [-0.3, -0.25) is 0 Å². The highest BCUT2D eigenvalue weighted by Gasteiger charge is 2.21. The monoisotopic (exact) mass is 292 g/mol. The van der Waals surface area contributed by atoms with Gasteiger partial charge in [0.1, 0.15) is 0 Å². The predicted octanol–water partition coefficient (Wildman–Crippen LogP) is 3.23. The summed E-state index contributed by atoms with van der Waals surface area (Å²) in [5.74, 6) is 0. The van der Waals surface area contributed by atoms with Crippen molar-refractivity contribution in [2.75, 3.05) is 7.11 Å². The van der Waals surface area contributed by atoms with Crippen LogP contribution in [0, 0.1) is 0 Å². The molecule has 2 nitrogen and oxygen atoms in total. The van der Waals surface area contributed by atoms with Crippen LogP contribution in [0.3, 0.4) is 0 Å². The van der Waals surface area contributed by atoms with Crippen molar-refractivity contribution < 1.29 is 9.84 Å². The van der Waals surface area contributed by atoms with Gasteiger partial charge < -0.3 is 9.84 Å². The van der Waals surface area contributed by atoms with E-state index in [-0.39, 0.29) is 11.7 Å². The molecule has 0 saturated heterocycles. The summed E-state index contributed by atoms with van der Waals surface area (Å²) in [5.41, 5.74) is -0.256. The SMILES string of the molecule is COC(C)(C)CC(O)Cc1ccc(Br)s1. The molecule has 0 aromatic carbocycles. The topological polar surface area (TPSA) is 29.5 Å². The Balaban J connectivity index is 2.46. The fraction of sp³-hybridized carbons (Fsp3) is 0.636. The summed E-state index contributed by atoms with van der Waals surface area (Å²) in [6.45, 7) is 3.97. The van der Waals surface area contributed by atoms with E-state index in [0.717, 1.165) is 3.79 Å². The second kappa shape index (κ2) is 5.43. The van der Waals surface area contributed by atoms with Crippen LogP contribution in [0.15, 0.2) is 15.9 Å². The van der Waals surface area contributed by atoms with Gasteiger partial charge in [0.05, 0.1) is 15.5 Å². The fourth-order valence-corrected chi connectivity index (χ4v) is 2.97. The highest BCUT2D eigenvalue weighted by atomic mass is 79.9. The molecule has 1 atom stereocenters. The van der Waals surface area contributed by atoms with Crippen LogP contribution in [0.2, 0.25) is 0 Å². The van der Waals surface area contributed by atoms with Crippen LogP contribution in [0.1, 0.15) is 25.1 Å². The van der Waals surface area contributed by atoms with E-state index in [1.54, 1.807) is 18.4 Å². The molecule has 0 spiro atoms. The maximum absolute atomic E-state index is 9.89. The van der Waals surface area contributed by atoms with Gasteiger partial charge in [-0.05, 0) is 41.9 Å². The van der Waals surface area contributed by atoms with Crippen molar-refractivity contribution >= 4 is 27.3 Å². The lowest BCUT2D eigenvalue weighted by Crippen LogP contribution is -2.29. The normalized spacial score (nSPS) is 14.2. The van der Waals surface area contributed by atoms with Crippen molar-refractivity contribution in [3.63, 3.8) is 0 Å². The first kappa shape index (κ1) is 13.2. The van der Waals surface area contributed by atoms with Crippen LogP contribution in [-0.2, 0) is 11.2 Å². The second-order valence-electron chi connectivity index (χ2n) is 4.23. The Hall–Kier alpha value is 0.1000. The summed E-state index contributed by atoms with van der Waals surface area (Å²) in [6, 6.07) is 4.05. The minimum absolute atomic E-state index is 0.256. The number of aliphatic hydroxyl groups is 1. The number of thiophene rings is 1. The molecule has 1 unspecified atom stereocenters. The molecule has 0 saturated carbocycles. The van der Waals surface area contributed by atoms with Gasteiger partial charge in [0, 0.05) is 24.8 Å². The third kappa shape index (κ3) is 4.64. The second-order valence-corrected chi connectivity index (χ2v) is 6.78. The zero-order valence-corrected chi connectivity index (χ0v) is 11.7. The van der Waals surface area contributed by atoms with Crippen molar-refractivity contribution in [3.05, 3.63) is 20.8 Å². The third-order valence-electron chi connectivity index (χ3n) is 2.35. The molecule has 0 amide bonds. The van der Waals surface area contributed by atoms with E-state index in [1.165, 1.54) is 4.88 Å². The molecule has 4 heteroatoms. The molecule has 0 bridgehead atoms. The Morgan fingerprint density at radius 1 is 1.53 bits per heavy atom. The smallest absolute Gasteiger partial charge is 0.0701 e. The molecule has 1 aromatic heterocycles. The number of rotatable bonds is 5. The molecule has 0 radical (unpaired) electrons. The first-order valence-corrected chi connectivity index (χ1v) is 6.51. The first-order valence-electron chi connectivity index (χ1n) is 4.90. The van der Waals surface area contributed by atoms with Crippen LogP contribution >= 0.6 is 27.3 Å². The zero-order valence-electron chi connectivity index (χ0n) is 9.29. The minimum atomic E-state index is -0.342. The highest BCUT2D eigenvalue weighted by molar-refractivity contribution is 9.11. The molecule has 0 aliphatic rings. The van der Waals surface area contributed by atoms with E-state index in [0.29, 0.717) is 12.8 Å². The summed E-state index contributed by atoms with van der Waals surface area (Å²) in [6.07, 6.45) is 1.01.